The number of rotatable bonds is 5. The van der Waals surface area contributed by atoms with Crippen LogP contribution in [0.1, 0.15) is 43.7 Å². The van der Waals surface area contributed by atoms with Gasteiger partial charge >= 0.3 is 5.97 Å². The molecule has 0 bridgehead atoms. The van der Waals surface area contributed by atoms with Crippen LogP contribution in [0.2, 0.25) is 0 Å². The summed E-state index contributed by atoms with van der Waals surface area (Å²) in [6.45, 7) is 9.64. The number of nitrogens with zero attached hydrogens (tertiary/aromatic N) is 2. The molecule has 0 spiro atoms. The maximum Gasteiger partial charge on any atom is 0.358 e. The van der Waals surface area contributed by atoms with Crippen LogP contribution in [0.5, 0.6) is 0 Å². The second kappa shape index (κ2) is 8.53. The smallest absolute Gasteiger partial charge is 0.358 e. The van der Waals surface area contributed by atoms with E-state index in [0.29, 0.717) is 5.69 Å². The van der Waals surface area contributed by atoms with Crippen LogP contribution in [0.4, 0.5) is 5.69 Å². The molecule has 1 aromatic heterocycles. The van der Waals surface area contributed by atoms with Crippen LogP contribution in [-0.4, -0.2) is 28.3 Å². The minimum atomic E-state index is -0.504. The average molecular weight is 405 g/mol. The molecule has 0 radical (unpaired) electrons. The molecule has 0 fully saturated rings. The van der Waals surface area contributed by atoms with Gasteiger partial charge in [0.05, 0.1) is 18.0 Å². The van der Waals surface area contributed by atoms with E-state index in [4.69, 9.17) is 4.74 Å². The second-order valence-corrected chi connectivity index (χ2v) is 8.17. The summed E-state index contributed by atoms with van der Waals surface area (Å²) in [7, 11) is 0. The summed E-state index contributed by atoms with van der Waals surface area (Å²) in [5.74, 6) is -0.540. The number of carbonyl (C=O) groups excluding carboxylic acids is 2. The summed E-state index contributed by atoms with van der Waals surface area (Å²) in [5, 5.41) is 7.45. The van der Waals surface area contributed by atoms with Gasteiger partial charge in [-0.05, 0) is 49.7 Å². The third kappa shape index (κ3) is 4.76. The number of hydrogen-bond acceptors (Lipinski definition) is 4. The highest BCUT2D eigenvalue weighted by Gasteiger charge is 2.22. The summed E-state index contributed by atoms with van der Waals surface area (Å²) < 4.78 is 6.86. The molecule has 6 heteroatoms. The Bertz CT molecular complexity index is 1080. The molecule has 3 rings (SSSR count). The molecule has 30 heavy (non-hydrogen) atoms. The molecule has 0 unspecified atom stereocenters. The lowest BCUT2D eigenvalue weighted by Gasteiger charge is -2.18. The maximum atomic E-state index is 12.4. The van der Waals surface area contributed by atoms with Crippen LogP contribution in [0.3, 0.4) is 0 Å². The van der Waals surface area contributed by atoms with Crippen molar-refractivity contribution >= 4 is 17.6 Å². The van der Waals surface area contributed by atoms with Gasteiger partial charge in [-0.25, -0.2) is 9.48 Å². The Morgan fingerprint density at radius 2 is 1.80 bits per heavy atom. The Morgan fingerprint density at radius 3 is 2.47 bits per heavy atom. The zero-order valence-electron chi connectivity index (χ0n) is 18.0. The first-order chi connectivity index (χ1) is 14.2. The standard InChI is InChI=1S/C24H27N3O3/c1-6-30-22(28)20-15-21(27(26-20)19-12-7-9-16(2)13-19)17-10-8-11-18(14-17)25-23(29)24(3,4)5/h7-15H,6H2,1-5H3,(H,25,29). The van der Waals surface area contributed by atoms with Gasteiger partial charge in [-0.2, -0.15) is 5.10 Å². The summed E-state index contributed by atoms with van der Waals surface area (Å²) in [5.41, 5.74) is 3.89. The first-order valence-corrected chi connectivity index (χ1v) is 9.95. The first kappa shape index (κ1) is 21.3. The second-order valence-electron chi connectivity index (χ2n) is 8.17. The van der Waals surface area contributed by atoms with Crippen LogP contribution in [0.15, 0.2) is 54.6 Å². The number of nitrogens with one attached hydrogen (secondary N) is 1. The first-order valence-electron chi connectivity index (χ1n) is 9.95. The summed E-state index contributed by atoms with van der Waals surface area (Å²) >= 11 is 0. The number of aromatic nitrogens is 2. The fraction of sp³-hybridized carbons (Fsp3) is 0.292. The number of carbonyl (C=O) groups is 2. The molecule has 0 aliphatic heterocycles. The molecule has 0 aliphatic carbocycles. The van der Waals surface area contributed by atoms with E-state index in [1.807, 2.05) is 76.2 Å². The predicted octanol–water partition coefficient (Wildman–Crippen LogP) is 5.01. The number of aryl methyl sites for hydroxylation is 1. The van der Waals surface area contributed by atoms with Crippen LogP contribution < -0.4 is 5.32 Å². The lowest BCUT2D eigenvalue weighted by molar-refractivity contribution is -0.123. The van der Waals surface area contributed by atoms with Gasteiger partial charge in [0.2, 0.25) is 5.91 Å². The number of esters is 1. The Kier molecular flexibility index (Phi) is 6.06. The Labute approximate surface area is 176 Å². The lowest BCUT2D eigenvalue weighted by atomic mass is 9.95. The topological polar surface area (TPSA) is 73.2 Å². The SMILES string of the molecule is CCOC(=O)c1cc(-c2cccc(NC(=O)C(C)(C)C)c2)n(-c2cccc(C)c2)n1. The van der Waals surface area contributed by atoms with Gasteiger partial charge in [0, 0.05) is 16.7 Å². The largest absolute Gasteiger partial charge is 0.461 e. The fourth-order valence-corrected chi connectivity index (χ4v) is 2.92. The highest BCUT2D eigenvalue weighted by molar-refractivity contribution is 5.95. The van der Waals surface area contributed by atoms with Crippen molar-refractivity contribution in [3.63, 3.8) is 0 Å². The van der Waals surface area contributed by atoms with Gasteiger partial charge < -0.3 is 10.1 Å². The molecular formula is C24H27N3O3. The molecule has 1 heterocycles. The van der Waals surface area contributed by atoms with E-state index in [2.05, 4.69) is 10.4 Å². The van der Waals surface area contributed by atoms with E-state index in [-0.39, 0.29) is 18.2 Å². The Hall–Kier alpha value is -3.41. The van der Waals surface area contributed by atoms with Crippen LogP contribution in [0, 0.1) is 12.3 Å². The number of anilines is 1. The molecule has 156 valence electrons. The Morgan fingerprint density at radius 1 is 1.07 bits per heavy atom. The van der Waals surface area contributed by atoms with Gasteiger partial charge in [0.25, 0.3) is 0 Å². The number of hydrogen-bond donors (Lipinski definition) is 1. The zero-order chi connectivity index (χ0) is 21.9. The van der Waals surface area contributed by atoms with Crippen molar-refractivity contribution in [2.24, 2.45) is 5.41 Å². The van der Waals surface area contributed by atoms with E-state index < -0.39 is 11.4 Å². The molecule has 0 atom stereocenters. The van der Waals surface area contributed by atoms with Gasteiger partial charge in [-0.3, -0.25) is 4.79 Å². The third-order valence-corrected chi connectivity index (χ3v) is 4.54. The summed E-state index contributed by atoms with van der Waals surface area (Å²) in [6, 6.07) is 17.1. The molecule has 0 aliphatic rings. The molecule has 6 nitrogen and oxygen atoms in total. The monoisotopic (exact) mass is 405 g/mol. The van der Waals surface area contributed by atoms with Crippen molar-refractivity contribution < 1.29 is 14.3 Å². The van der Waals surface area contributed by atoms with Gasteiger partial charge in [-0.1, -0.05) is 45.0 Å². The van der Waals surface area contributed by atoms with Crippen molar-refractivity contribution in [3.8, 4) is 16.9 Å². The Balaban J connectivity index is 2.07. The van der Waals surface area contributed by atoms with Crippen molar-refractivity contribution in [3.05, 3.63) is 65.9 Å². The van der Waals surface area contributed by atoms with E-state index in [1.54, 1.807) is 17.7 Å². The summed E-state index contributed by atoms with van der Waals surface area (Å²) in [6.07, 6.45) is 0. The predicted molar refractivity (Wildman–Crippen MR) is 118 cm³/mol. The van der Waals surface area contributed by atoms with Crippen LogP contribution >= 0.6 is 0 Å². The van der Waals surface area contributed by atoms with E-state index >= 15 is 0 Å². The van der Waals surface area contributed by atoms with Crippen molar-refractivity contribution in [1.82, 2.24) is 9.78 Å². The normalized spacial score (nSPS) is 11.2. The number of amides is 1. The van der Waals surface area contributed by atoms with Crippen LogP contribution in [-0.2, 0) is 9.53 Å². The maximum absolute atomic E-state index is 12.4. The molecule has 2 aromatic carbocycles. The molecule has 1 amide bonds. The average Bonchev–Trinajstić information content (AvgIpc) is 3.13. The minimum absolute atomic E-state index is 0.0703. The van der Waals surface area contributed by atoms with Gasteiger partial charge in [-0.15, -0.1) is 0 Å². The van der Waals surface area contributed by atoms with E-state index in [1.165, 1.54) is 0 Å². The lowest BCUT2D eigenvalue weighted by Crippen LogP contribution is -2.27. The van der Waals surface area contributed by atoms with Gasteiger partial charge in [0.1, 0.15) is 0 Å². The summed E-state index contributed by atoms with van der Waals surface area (Å²) in [4.78, 5) is 24.7. The number of ether oxygens (including phenoxy) is 1. The highest BCUT2D eigenvalue weighted by Crippen LogP contribution is 2.28. The van der Waals surface area contributed by atoms with E-state index in [9.17, 15) is 9.59 Å². The highest BCUT2D eigenvalue weighted by atomic mass is 16.5. The molecule has 1 N–H and O–H groups in total. The van der Waals surface area contributed by atoms with Crippen LogP contribution in [0.25, 0.3) is 16.9 Å². The van der Waals surface area contributed by atoms with E-state index in [0.717, 1.165) is 22.5 Å². The third-order valence-electron chi connectivity index (χ3n) is 4.54. The van der Waals surface area contributed by atoms with Crippen molar-refractivity contribution in [2.75, 3.05) is 11.9 Å². The molecular weight excluding hydrogens is 378 g/mol. The van der Waals surface area contributed by atoms with Gasteiger partial charge in [0.15, 0.2) is 5.69 Å². The minimum Gasteiger partial charge on any atom is -0.461 e. The number of benzene rings is 2. The van der Waals surface area contributed by atoms with Crippen molar-refractivity contribution in [1.29, 1.82) is 0 Å². The van der Waals surface area contributed by atoms with Crippen molar-refractivity contribution in [2.45, 2.75) is 34.6 Å². The molecule has 0 saturated carbocycles. The molecule has 3 aromatic rings. The fourth-order valence-electron chi connectivity index (χ4n) is 2.92. The quantitative estimate of drug-likeness (QED) is 0.606. The zero-order valence-corrected chi connectivity index (χ0v) is 18.0. The molecule has 0 saturated heterocycles.